The SMILES string of the molecule is CCc1ccc(CCc2ccc3c(c2)C=C(c2ccc(CC)cc2)C3)cc1. The predicted molar refractivity (Wildman–Crippen MR) is 117 cm³/mol. The molecule has 0 unspecified atom stereocenters. The third kappa shape index (κ3) is 4.06. The number of fused-ring (bicyclic) bond motifs is 1. The number of hydrogen-bond acceptors (Lipinski definition) is 0. The molecule has 0 bridgehead atoms. The smallest absolute Gasteiger partial charge is 0.00137 e. The third-order valence-corrected chi connectivity index (χ3v) is 5.79. The van der Waals surface area contributed by atoms with Crippen LogP contribution in [0.1, 0.15) is 52.8 Å². The van der Waals surface area contributed by atoms with Gasteiger partial charge in [-0.05, 0) is 76.6 Å². The molecule has 0 atom stereocenters. The van der Waals surface area contributed by atoms with Gasteiger partial charge < -0.3 is 0 Å². The minimum atomic E-state index is 1.06. The van der Waals surface area contributed by atoms with E-state index < -0.39 is 0 Å². The Labute approximate surface area is 163 Å². The van der Waals surface area contributed by atoms with E-state index in [2.05, 4.69) is 86.7 Å². The summed E-state index contributed by atoms with van der Waals surface area (Å²) in [6, 6.07) is 25.2. The van der Waals surface area contributed by atoms with Crippen LogP contribution in [-0.4, -0.2) is 0 Å². The quantitative estimate of drug-likeness (QED) is 0.463. The molecule has 0 heterocycles. The van der Waals surface area contributed by atoms with Crippen molar-refractivity contribution in [3.05, 3.63) is 106 Å². The van der Waals surface area contributed by atoms with Gasteiger partial charge in [0.1, 0.15) is 0 Å². The van der Waals surface area contributed by atoms with Crippen LogP contribution in [-0.2, 0) is 32.1 Å². The second kappa shape index (κ2) is 7.96. The first-order valence-electron chi connectivity index (χ1n) is 10.2. The van der Waals surface area contributed by atoms with Gasteiger partial charge in [-0.2, -0.15) is 0 Å². The fourth-order valence-electron chi connectivity index (χ4n) is 3.91. The summed E-state index contributed by atoms with van der Waals surface area (Å²) in [4.78, 5) is 0. The Balaban J connectivity index is 1.46. The Hall–Kier alpha value is -2.60. The van der Waals surface area contributed by atoms with Gasteiger partial charge in [0, 0.05) is 0 Å². The number of aryl methyl sites for hydroxylation is 4. The van der Waals surface area contributed by atoms with E-state index in [0.717, 1.165) is 32.1 Å². The molecule has 0 saturated carbocycles. The number of rotatable bonds is 6. The molecule has 0 spiro atoms. The number of benzene rings is 3. The van der Waals surface area contributed by atoms with Gasteiger partial charge in [-0.1, -0.05) is 86.7 Å². The van der Waals surface area contributed by atoms with Crippen LogP contribution >= 0.6 is 0 Å². The zero-order chi connectivity index (χ0) is 18.6. The summed E-state index contributed by atoms with van der Waals surface area (Å²) >= 11 is 0. The molecule has 0 fully saturated rings. The van der Waals surface area contributed by atoms with Gasteiger partial charge in [-0.25, -0.2) is 0 Å². The Kier molecular flexibility index (Phi) is 5.25. The van der Waals surface area contributed by atoms with E-state index in [1.807, 2.05) is 0 Å². The van der Waals surface area contributed by atoms with E-state index in [-0.39, 0.29) is 0 Å². The first-order chi connectivity index (χ1) is 13.2. The normalized spacial score (nSPS) is 12.7. The average molecular weight is 353 g/mol. The lowest BCUT2D eigenvalue weighted by atomic mass is 9.99. The van der Waals surface area contributed by atoms with Crippen LogP contribution in [0, 0.1) is 0 Å². The summed E-state index contributed by atoms with van der Waals surface area (Å²) < 4.78 is 0. The van der Waals surface area contributed by atoms with Gasteiger partial charge in [0.05, 0.1) is 0 Å². The summed E-state index contributed by atoms with van der Waals surface area (Å²) in [5.74, 6) is 0. The van der Waals surface area contributed by atoms with Crippen LogP contribution < -0.4 is 0 Å². The molecule has 0 saturated heterocycles. The highest BCUT2D eigenvalue weighted by Crippen LogP contribution is 2.32. The molecule has 1 aliphatic rings. The minimum absolute atomic E-state index is 1.06. The maximum Gasteiger partial charge on any atom is -0.00137 e. The second-order valence-corrected chi connectivity index (χ2v) is 7.60. The maximum atomic E-state index is 2.39. The summed E-state index contributed by atoms with van der Waals surface area (Å²) in [7, 11) is 0. The van der Waals surface area contributed by atoms with Crippen LogP contribution in [0.3, 0.4) is 0 Å². The molecule has 136 valence electrons. The summed E-state index contributed by atoms with van der Waals surface area (Å²) in [5.41, 5.74) is 11.4. The van der Waals surface area contributed by atoms with Gasteiger partial charge in [-0.15, -0.1) is 0 Å². The van der Waals surface area contributed by atoms with E-state index in [0.29, 0.717) is 0 Å². The van der Waals surface area contributed by atoms with E-state index in [1.54, 1.807) is 0 Å². The van der Waals surface area contributed by atoms with Crippen molar-refractivity contribution in [1.82, 2.24) is 0 Å². The number of allylic oxidation sites excluding steroid dienone is 1. The Morgan fingerprint density at radius 3 is 1.85 bits per heavy atom. The summed E-state index contributed by atoms with van der Waals surface area (Å²) in [6.45, 7) is 4.42. The lowest BCUT2D eigenvalue weighted by Gasteiger charge is -2.06. The first-order valence-corrected chi connectivity index (χ1v) is 10.2. The Morgan fingerprint density at radius 1 is 0.630 bits per heavy atom. The second-order valence-electron chi connectivity index (χ2n) is 7.60. The molecule has 0 nitrogen and oxygen atoms in total. The molecule has 1 aliphatic carbocycles. The van der Waals surface area contributed by atoms with Crippen LogP contribution in [0.15, 0.2) is 66.7 Å². The van der Waals surface area contributed by atoms with Crippen molar-refractivity contribution in [1.29, 1.82) is 0 Å². The lowest BCUT2D eigenvalue weighted by Crippen LogP contribution is -1.93. The highest BCUT2D eigenvalue weighted by atomic mass is 14.2. The fourth-order valence-corrected chi connectivity index (χ4v) is 3.91. The predicted octanol–water partition coefficient (Wildman–Crippen LogP) is 6.69. The van der Waals surface area contributed by atoms with Crippen LogP contribution in [0.2, 0.25) is 0 Å². The maximum absolute atomic E-state index is 2.39. The van der Waals surface area contributed by atoms with Crippen molar-refractivity contribution in [3.63, 3.8) is 0 Å². The third-order valence-electron chi connectivity index (χ3n) is 5.79. The van der Waals surface area contributed by atoms with Gasteiger partial charge in [0.15, 0.2) is 0 Å². The van der Waals surface area contributed by atoms with Crippen molar-refractivity contribution >= 4 is 11.6 Å². The van der Waals surface area contributed by atoms with Gasteiger partial charge in [0.2, 0.25) is 0 Å². The zero-order valence-corrected chi connectivity index (χ0v) is 16.5. The standard InChI is InChI=1S/C27H28/c1-3-20-5-7-22(8-6-20)9-10-23-13-16-25-18-27(19-26(25)17-23)24-14-11-21(4-2)12-15-24/h5-8,11-17,19H,3-4,9-10,18H2,1-2H3. The molecule has 0 radical (unpaired) electrons. The van der Waals surface area contributed by atoms with Crippen molar-refractivity contribution in [3.8, 4) is 0 Å². The Bertz CT molecular complexity index is 940. The van der Waals surface area contributed by atoms with Gasteiger partial charge in [0.25, 0.3) is 0 Å². The molecule has 3 aromatic carbocycles. The highest BCUT2D eigenvalue weighted by molar-refractivity contribution is 5.88. The van der Waals surface area contributed by atoms with E-state index >= 15 is 0 Å². The van der Waals surface area contributed by atoms with Gasteiger partial charge in [-0.3, -0.25) is 0 Å². The van der Waals surface area contributed by atoms with Crippen molar-refractivity contribution in [2.75, 3.05) is 0 Å². The van der Waals surface area contributed by atoms with E-state index in [9.17, 15) is 0 Å². The van der Waals surface area contributed by atoms with Gasteiger partial charge >= 0.3 is 0 Å². The topological polar surface area (TPSA) is 0 Å². The molecule has 4 rings (SSSR count). The lowest BCUT2D eigenvalue weighted by molar-refractivity contribution is 0.955. The van der Waals surface area contributed by atoms with E-state index in [4.69, 9.17) is 0 Å². The molecule has 0 aliphatic heterocycles. The van der Waals surface area contributed by atoms with Crippen molar-refractivity contribution in [2.45, 2.75) is 46.0 Å². The van der Waals surface area contributed by atoms with Crippen molar-refractivity contribution < 1.29 is 0 Å². The largest absolute Gasteiger partial charge is 0.0613 e. The summed E-state index contributed by atoms with van der Waals surface area (Å²) in [5, 5.41) is 0. The fraction of sp³-hybridized carbons (Fsp3) is 0.259. The molecule has 0 amide bonds. The Morgan fingerprint density at radius 2 is 1.19 bits per heavy atom. The van der Waals surface area contributed by atoms with E-state index in [1.165, 1.54) is 44.5 Å². The zero-order valence-electron chi connectivity index (χ0n) is 16.5. The molecule has 0 aromatic heterocycles. The van der Waals surface area contributed by atoms with Crippen LogP contribution in [0.25, 0.3) is 11.6 Å². The first kappa shape index (κ1) is 17.8. The highest BCUT2D eigenvalue weighted by Gasteiger charge is 2.14. The summed E-state index contributed by atoms with van der Waals surface area (Å²) in [6.07, 6.45) is 7.87. The molecule has 3 aromatic rings. The molecule has 0 N–H and O–H groups in total. The number of hydrogen-bond donors (Lipinski definition) is 0. The molecular weight excluding hydrogens is 324 g/mol. The van der Waals surface area contributed by atoms with Crippen LogP contribution in [0.4, 0.5) is 0 Å². The average Bonchev–Trinajstić information content (AvgIpc) is 3.16. The molecular formula is C27H28. The monoisotopic (exact) mass is 352 g/mol. The minimum Gasteiger partial charge on any atom is -0.0613 e. The van der Waals surface area contributed by atoms with Crippen molar-refractivity contribution in [2.24, 2.45) is 0 Å². The molecule has 27 heavy (non-hydrogen) atoms. The van der Waals surface area contributed by atoms with Crippen LogP contribution in [0.5, 0.6) is 0 Å². The molecule has 0 heteroatoms.